The maximum atomic E-state index is 14.0. The Labute approximate surface area is 195 Å². The Bertz CT molecular complexity index is 1060. The molecule has 32 heavy (non-hydrogen) atoms. The van der Waals surface area contributed by atoms with Crippen molar-refractivity contribution in [2.75, 3.05) is 20.1 Å². The summed E-state index contributed by atoms with van der Waals surface area (Å²) in [4.78, 5) is 28.0. The van der Waals surface area contributed by atoms with Crippen molar-refractivity contribution in [2.24, 2.45) is 16.3 Å². The van der Waals surface area contributed by atoms with Gasteiger partial charge in [0.15, 0.2) is 0 Å². The first-order valence-corrected chi connectivity index (χ1v) is 11.5. The van der Waals surface area contributed by atoms with Crippen molar-refractivity contribution in [1.29, 1.82) is 0 Å². The molecular weight excluding hydrogens is 475 g/mol. The zero-order chi connectivity index (χ0) is 22.9. The topological polar surface area (TPSA) is 79.0 Å². The van der Waals surface area contributed by atoms with E-state index in [0.717, 1.165) is 15.7 Å². The van der Waals surface area contributed by atoms with Crippen LogP contribution in [0.2, 0.25) is 0 Å². The second-order valence-electron chi connectivity index (χ2n) is 8.51. The van der Waals surface area contributed by atoms with E-state index in [2.05, 4.69) is 21.0 Å². The van der Waals surface area contributed by atoms with Gasteiger partial charge in [-0.3, -0.25) is 9.59 Å². The number of carbonyl (C=O) groups is 2. The highest BCUT2D eigenvalue weighted by Gasteiger charge is 2.53. The van der Waals surface area contributed by atoms with Gasteiger partial charge < -0.3 is 10.6 Å². The van der Waals surface area contributed by atoms with E-state index in [4.69, 9.17) is 5.73 Å². The number of nitrogens with zero attached hydrogens (tertiary/aromatic N) is 3. The summed E-state index contributed by atoms with van der Waals surface area (Å²) in [5, 5.41) is 5.87. The number of benzene rings is 2. The Balaban J connectivity index is 1.49. The number of hydrazone groups is 1. The van der Waals surface area contributed by atoms with Crippen molar-refractivity contribution in [2.45, 2.75) is 31.7 Å². The number of likely N-dealkylation sites (tertiary alicyclic amines) is 1. The summed E-state index contributed by atoms with van der Waals surface area (Å²) in [6.07, 6.45) is 1.69. The van der Waals surface area contributed by atoms with Crippen LogP contribution in [0.5, 0.6) is 0 Å². The third kappa shape index (κ3) is 4.34. The molecule has 2 amide bonds. The van der Waals surface area contributed by atoms with Gasteiger partial charge in [-0.15, -0.1) is 0 Å². The third-order valence-corrected chi connectivity index (χ3v) is 6.81. The van der Waals surface area contributed by atoms with Crippen molar-refractivity contribution in [3.63, 3.8) is 0 Å². The number of aryl methyl sites for hydroxylation is 1. The number of hydrogen-bond acceptors (Lipinski definition) is 4. The van der Waals surface area contributed by atoms with Crippen molar-refractivity contribution in [3.8, 4) is 0 Å². The van der Waals surface area contributed by atoms with E-state index >= 15 is 0 Å². The van der Waals surface area contributed by atoms with Gasteiger partial charge in [-0.25, -0.2) is 9.40 Å². The molecule has 0 spiro atoms. The summed E-state index contributed by atoms with van der Waals surface area (Å²) >= 11 is 3.34. The second-order valence-corrected chi connectivity index (χ2v) is 9.43. The molecule has 8 heteroatoms. The molecule has 2 atom stereocenters. The molecule has 1 fully saturated rings. The molecule has 168 valence electrons. The summed E-state index contributed by atoms with van der Waals surface area (Å²) in [5.74, 6) is -0.624. The van der Waals surface area contributed by atoms with E-state index < -0.39 is 11.5 Å². The average Bonchev–Trinajstić information content (AvgIpc) is 3.03. The fraction of sp³-hybridized carbons (Fsp3) is 0.375. The number of hydrogen-bond donors (Lipinski definition) is 1. The van der Waals surface area contributed by atoms with Gasteiger partial charge in [-0.05, 0) is 48.6 Å². The highest BCUT2D eigenvalue weighted by atomic mass is 79.9. The lowest BCUT2D eigenvalue weighted by Gasteiger charge is -2.40. The van der Waals surface area contributed by atoms with E-state index in [-0.39, 0.29) is 24.2 Å². The van der Waals surface area contributed by atoms with Crippen LogP contribution in [0.15, 0.2) is 58.1 Å². The fourth-order valence-electron chi connectivity index (χ4n) is 4.62. The molecule has 2 N–H and O–H groups in total. The van der Waals surface area contributed by atoms with Gasteiger partial charge in [0.05, 0.1) is 11.8 Å². The van der Waals surface area contributed by atoms with Gasteiger partial charge >= 0.3 is 0 Å². The number of rotatable bonds is 6. The van der Waals surface area contributed by atoms with Crippen molar-refractivity contribution >= 4 is 33.5 Å². The van der Waals surface area contributed by atoms with Crippen LogP contribution in [0.4, 0.5) is 4.39 Å². The smallest absolute Gasteiger partial charge is 0.256 e. The third-order valence-electron chi connectivity index (χ3n) is 6.32. The lowest BCUT2D eigenvalue weighted by atomic mass is 9.73. The Morgan fingerprint density at radius 1 is 1.28 bits per heavy atom. The van der Waals surface area contributed by atoms with Crippen LogP contribution in [0.25, 0.3) is 0 Å². The Morgan fingerprint density at radius 2 is 2.03 bits per heavy atom. The summed E-state index contributed by atoms with van der Waals surface area (Å²) in [6.45, 7) is 0.718. The van der Waals surface area contributed by atoms with Crippen LogP contribution in [0.1, 0.15) is 24.0 Å². The minimum atomic E-state index is -0.861. The first-order valence-electron chi connectivity index (χ1n) is 10.7. The quantitative estimate of drug-likeness (QED) is 0.661. The van der Waals surface area contributed by atoms with Crippen molar-refractivity contribution in [1.82, 2.24) is 9.91 Å². The SMILES string of the molecule is CN1N=C2CCN(C(=O)C(N)CCc3cc(Br)ccc3F)C[C@@]2(Cc2ccccc2)C1=O. The standard InChI is InChI=1S/C24H26BrFN4O2/c1-29-23(32)24(14-16-5-3-2-4-6-16)15-30(12-11-21(24)28-29)22(31)20(27)10-7-17-13-18(25)8-9-19(17)26/h2-6,8-9,13,20H,7,10-12,14-15,27H2,1H3/t20?,24-/m1/s1. The molecule has 2 aromatic rings. The average molecular weight is 501 g/mol. The number of amides is 2. The first kappa shape index (κ1) is 22.6. The van der Waals surface area contributed by atoms with Gasteiger partial charge in [-0.1, -0.05) is 46.3 Å². The summed E-state index contributed by atoms with van der Waals surface area (Å²) < 4.78 is 14.8. The van der Waals surface area contributed by atoms with Gasteiger partial charge in [0.25, 0.3) is 5.91 Å². The molecule has 0 aliphatic carbocycles. The predicted molar refractivity (Wildman–Crippen MR) is 124 cm³/mol. The number of fused-ring (bicyclic) bond motifs is 1. The number of halogens is 2. The molecular formula is C24H26BrFN4O2. The summed E-state index contributed by atoms with van der Waals surface area (Å²) in [6, 6.07) is 13.7. The maximum absolute atomic E-state index is 14.0. The lowest BCUT2D eigenvalue weighted by Crippen LogP contribution is -2.58. The van der Waals surface area contributed by atoms with Crippen LogP contribution < -0.4 is 5.73 Å². The first-order chi connectivity index (χ1) is 15.3. The van der Waals surface area contributed by atoms with E-state index in [9.17, 15) is 14.0 Å². The van der Waals surface area contributed by atoms with Gasteiger partial charge in [0, 0.05) is 31.0 Å². The monoisotopic (exact) mass is 500 g/mol. The minimum absolute atomic E-state index is 0.0985. The minimum Gasteiger partial charge on any atom is -0.339 e. The van der Waals surface area contributed by atoms with Crippen LogP contribution in [-0.4, -0.2) is 53.6 Å². The number of nitrogens with two attached hydrogens (primary N) is 1. The summed E-state index contributed by atoms with van der Waals surface area (Å²) in [5.41, 5.74) is 7.73. The molecule has 6 nitrogen and oxygen atoms in total. The normalized spacial score (nSPS) is 21.4. The molecule has 4 rings (SSSR count). The molecule has 2 aliphatic rings. The fourth-order valence-corrected chi connectivity index (χ4v) is 5.03. The predicted octanol–water partition coefficient (Wildman–Crippen LogP) is 3.14. The molecule has 0 bridgehead atoms. The van der Waals surface area contributed by atoms with Crippen molar-refractivity contribution < 1.29 is 14.0 Å². The van der Waals surface area contributed by atoms with Crippen LogP contribution in [0.3, 0.4) is 0 Å². The Morgan fingerprint density at radius 3 is 2.78 bits per heavy atom. The molecule has 2 aromatic carbocycles. The molecule has 2 aliphatic heterocycles. The van der Waals surface area contributed by atoms with Crippen molar-refractivity contribution in [3.05, 3.63) is 69.9 Å². The second kappa shape index (κ2) is 9.11. The zero-order valence-corrected chi connectivity index (χ0v) is 19.5. The molecule has 0 aromatic heterocycles. The van der Waals surface area contributed by atoms with Crippen LogP contribution in [-0.2, 0) is 22.4 Å². The molecule has 1 saturated heterocycles. The zero-order valence-electron chi connectivity index (χ0n) is 17.9. The molecule has 0 radical (unpaired) electrons. The highest BCUT2D eigenvalue weighted by molar-refractivity contribution is 9.10. The van der Waals surface area contributed by atoms with E-state index in [0.29, 0.717) is 37.8 Å². The summed E-state index contributed by atoms with van der Waals surface area (Å²) in [7, 11) is 1.66. The van der Waals surface area contributed by atoms with Crippen LogP contribution >= 0.6 is 15.9 Å². The van der Waals surface area contributed by atoms with E-state index in [1.54, 1.807) is 24.1 Å². The number of piperidine rings is 1. The van der Waals surface area contributed by atoms with Gasteiger partial charge in [-0.2, -0.15) is 5.10 Å². The number of carbonyl (C=O) groups excluding carboxylic acids is 2. The largest absolute Gasteiger partial charge is 0.339 e. The Kier molecular flexibility index (Phi) is 6.44. The molecule has 2 heterocycles. The van der Waals surface area contributed by atoms with Crippen LogP contribution in [0, 0.1) is 11.2 Å². The lowest BCUT2D eigenvalue weighted by molar-refractivity contribution is -0.140. The Hall–Kier alpha value is -2.58. The van der Waals surface area contributed by atoms with Gasteiger partial charge in [0.2, 0.25) is 5.91 Å². The van der Waals surface area contributed by atoms with E-state index in [1.165, 1.54) is 11.1 Å². The molecule has 1 unspecified atom stereocenters. The highest BCUT2D eigenvalue weighted by Crippen LogP contribution is 2.38. The molecule has 0 saturated carbocycles. The van der Waals surface area contributed by atoms with E-state index in [1.807, 2.05) is 30.3 Å². The van der Waals surface area contributed by atoms with Gasteiger partial charge in [0.1, 0.15) is 11.2 Å². The maximum Gasteiger partial charge on any atom is 0.256 e.